The highest BCUT2D eigenvalue weighted by atomic mass is 35.5. The zero-order chi connectivity index (χ0) is 20.6. The maximum absolute atomic E-state index is 13.0. The first kappa shape index (κ1) is 21.9. The molecule has 0 radical (unpaired) electrons. The number of halogens is 1. The van der Waals surface area contributed by atoms with E-state index in [1.165, 1.54) is 0 Å². The Balaban J connectivity index is 0.00000256. The molecule has 0 saturated carbocycles. The molecule has 3 heterocycles. The fourth-order valence-electron chi connectivity index (χ4n) is 4.00. The maximum atomic E-state index is 13.0. The monoisotopic (exact) mass is 428 g/mol. The van der Waals surface area contributed by atoms with E-state index < -0.39 is 11.4 Å². The Morgan fingerprint density at radius 3 is 2.77 bits per heavy atom. The highest BCUT2D eigenvalue weighted by molar-refractivity contribution is 6.06. The van der Waals surface area contributed by atoms with Gasteiger partial charge >= 0.3 is 5.97 Å². The molecular formula is C22H25ClN4O3. The van der Waals surface area contributed by atoms with Gasteiger partial charge in [0.15, 0.2) is 0 Å². The molecule has 158 valence electrons. The van der Waals surface area contributed by atoms with Crippen molar-refractivity contribution in [1.29, 1.82) is 0 Å². The minimum absolute atomic E-state index is 0. The number of hydrogen-bond acceptors (Lipinski definition) is 6. The summed E-state index contributed by atoms with van der Waals surface area (Å²) in [6, 6.07) is 3.78. The number of anilines is 1. The van der Waals surface area contributed by atoms with Gasteiger partial charge in [-0.2, -0.15) is 0 Å². The Hall–Kier alpha value is -2.77. The molecule has 0 fully saturated rings. The molecular weight excluding hydrogens is 404 g/mol. The molecule has 1 amide bonds. The fraction of sp³-hybridized carbons (Fsp3) is 0.364. The lowest BCUT2D eigenvalue weighted by atomic mass is 9.79. The Labute approximate surface area is 181 Å². The average molecular weight is 429 g/mol. The van der Waals surface area contributed by atoms with E-state index in [0.717, 1.165) is 28.8 Å². The van der Waals surface area contributed by atoms with Gasteiger partial charge in [0.2, 0.25) is 5.91 Å². The van der Waals surface area contributed by atoms with Gasteiger partial charge in [-0.3, -0.25) is 4.79 Å². The minimum Gasteiger partial charge on any atom is -0.458 e. The van der Waals surface area contributed by atoms with Gasteiger partial charge in [0.05, 0.1) is 11.5 Å². The number of carbonyl (C=O) groups is 2. The van der Waals surface area contributed by atoms with Crippen molar-refractivity contribution in [2.24, 2.45) is 0 Å². The second-order valence-electron chi connectivity index (χ2n) is 7.81. The number of esters is 1. The lowest BCUT2D eigenvalue weighted by molar-refractivity contribution is -0.120. The van der Waals surface area contributed by atoms with Crippen LogP contribution in [0.3, 0.4) is 0 Å². The summed E-state index contributed by atoms with van der Waals surface area (Å²) >= 11 is 0. The van der Waals surface area contributed by atoms with Gasteiger partial charge in [-0.15, -0.1) is 12.4 Å². The molecule has 8 heteroatoms. The first-order valence-corrected chi connectivity index (χ1v) is 9.75. The van der Waals surface area contributed by atoms with Gasteiger partial charge in [0, 0.05) is 24.5 Å². The van der Waals surface area contributed by atoms with Crippen LogP contribution in [0.15, 0.2) is 30.6 Å². The van der Waals surface area contributed by atoms with Crippen LogP contribution in [-0.2, 0) is 27.8 Å². The summed E-state index contributed by atoms with van der Waals surface area (Å²) in [4.78, 5) is 33.9. The van der Waals surface area contributed by atoms with Gasteiger partial charge in [-0.05, 0) is 62.6 Å². The molecule has 1 aliphatic heterocycles. The van der Waals surface area contributed by atoms with Crippen LogP contribution < -0.4 is 10.6 Å². The highest BCUT2D eigenvalue weighted by Gasteiger charge is 2.51. The van der Waals surface area contributed by atoms with Crippen molar-refractivity contribution < 1.29 is 14.3 Å². The first-order chi connectivity index (χ1) is 13.9. The second-order valence-corrected chi connectivity index (χ2v) is 7.81. The molecule has 2 aliphatic rings. The van der Waals surface area contributed by atoms with Crippen molar-refractivity contribution in [2.45, 2.75) is 38.2 Å². The number of ether oxygens (including phenoxy) is 1. The number of fused-ring (bicyclic) bond motifs is 3. The number of likely N-dealkylation sites (N-methyl/N-ethyl adjacent to an activating group) is 1. The minimum atomic E-state index is -0.709. The Bertz CT molecular complexity index is 1020. The van der Waals surface area contributed by atoms with Crippen LogP contribution in [0, 0.1) is 0 Å². The maximum Gasteiger partial charge on any atom is 0.357 e. The van der Waals surface area contributed by atoms with Gasteiger partial charge in [-0.1, -0.05) is 12.2 Å². The molecule has 2 N–H and O–H groups in total. The van der Waals surface area contributed by atoms with Gasteiger partial charge < -0.3 is 15.4 Å². The van der Waals surface area contributed by atoms with Crippen molar-refractivity contribution >= 4 is 36.2 Å². The van der Waals surface area contributed by atoms with Crippen LogP contribution in [0.5, 0.6) is 0 Å². The van der Waals surface area contributed by atoms with E-state index in [1.54, 1.807) is 32.3 Å². The van der Waals surface area contributed by atoms with Crippen molar-refractivity contribution in [1.82, 2.24) is 15.3 Å². The molecule has 0 saturated heterocycles. The largest absolute Gasteiger partial charge is 0.458 e. The molecule has 7 nitrogen and oxygen atoms in total. The van der Waals surface area contributed by atoms with Crippen LogP contribution in [0.1, 0.15) is 46.6 Å². The Morgan fingerprint density at radius 2 is 2.03 bits per heavy atom. The average Bonchev–Trinajstić information content (AvgIpc) is 3.19. The van der Waals surface area contributed by atoms with Crippen LogP contribution in [0.25, 0.3) is 6.08 Å². The summed E-state index contributed by atoms with van der Waals surface area (Å²) < 4.78 is 5.25. The van der Waals surface area contributed by atoms with Gasteiger partial charge in [0.25, 0.3) is 0 Å². The molecule has 4 rings (SSSR count). The highest BCUT2D eigenvalue weighted by Crippen LogP contribution is 2.46. The molecule has 30 heavy (non-hydrogen) atoms. The number of hydrogen-bond donors (Lipinski definition) is 2. The van der Waals surface area contributed by atoms with E-state index in [0.29, 0.717) is 18.7 Å². The molecule has 1 unspecified atom stereocenters. The van der Waals surface area contributed by atoms with E-state index in [1.807, 2.05) is 25.3 Å². The summed E-state index contributed by atoms with van der Waals surface area (Å²) in [6.07, 6.45) is 8.29. The van der Waals surface area contributed by atoms with E-state index >= 15 is 0 Å². The third-order valence-electron chi connectivity index (χ3n) is 5.34. The van der Waals surface area contributed by atoms with Crippen LogP contribution in [-0.4, -0.2) is 41.5 Å². The summed E-state index contributed by atoms with van der Waals surface area (Å²) in [5, 5.41) is 5.99. The topological polar surface area (TPSA) is 93.2 Å². The predicted molar refractivity (Wildman–Crippen MR) is 117 cm³/mol. The van der Waals surface area contributed by atoms with Gasteiger partial charge in [-0.25, -0.2) is 14.8 Å². The third-order valence-corrected chi connectivity index (χ3v) is 5.34. The quantitative estimate of drug-likeness (QED) is 0.711. The Kier molecular flexibility index (Phi) is 6.24. The smallest absolute Gasteiger partial charge is 0.357 e. The van der Waals surface area contributed by atoms with Crippen LogP contribution in [0.4, 0.5) is 5.82 Å². The lowest BCUT2D eigenvalue weighted by Gasteiger charge is -2.20. The van der Waals surface area contributed by atoms with E-state index in [2.05, 4.69) is 20.6 Å². The van der Waals surface area contributed by atoms with Crippen molar-refractivity contribution in [2.75, 3.05) is 18.9 Å². The van der Waals surface area contributed by atoms with E-state index in [9.17, 15) is 9.59 Å². The zero-order valence-electron chi connectivity index (χ0n) is 17.2. The zero-order valence-corrected chi connectivity index (χ0v) is 18.0. The fourth-order valence-corrected chi connectivity index (χ4v) is 4.00. The molecule has 1 aliphatic carbocycles. The number of nitrogens with zero attached hydrogens (tertiary/aromatic N) is 2. The number of aromatic nitrogens is 2. The predicted octanol–water partition coefficient (Wildman–Crippen LogP) is 2.68. The number of carbonyl (C=O) groups excluding carboxylic acids is 2. The SMILES string of the molecule is CNCC=Cc1cnc2c(c1)C1(Cc3cnc(C(=O)OC(C)C)cc3C1)C(=O)N2.Cl. The summed E-state index contributed by atoms with van der Waals surface area (Å²) in [6.45, 7) is 4.36. The van der Waals surface area contributed by atoms with Crippen molar-refractivity contribution in [3.05, 3.63) is 58.6 Å². The Morgan fingerprint density at radius 1 is 1.27 bits per heavy atom. The summed E-state index contributed by atoms with van der Waals surface area (Å²) in [5.74, 6) is 0.110. The summed E-state index contributed by atoms with van der Waals surface area (Å²) in [5.41, 5.74) is 3.34. The van der Waals surface area contributed by atoms with E-state index in [4.69, 9.17) is 4.74 Å². The normalized spacial score (nSPS) is 19.0. The number of rotatable bonds is 5. The van der Waals surface area contributed by atoms with Crippen molar-refractivity contribution in [3.8, 4) is 0 Å². The molecule has 2 aromatic rings. The molecule has 1 spiro atoms. The number of pyridine rings is 2. The molecule has 2 aromatic heterocycles. The van der Waals surface area contributed by atoms with E-state index in [-0.39, 0.29) is 30.1 Å². The standard InChI is InChI=1S/C22H24N4O3.ClH/c1-13(2)29-20(27)18-8-15-9-22(10-16(15)12-24-18)17-7-14(5-4-6-23-3)11-25-19(17)26-21(22)28;/h4-5,7-8,11-13,23H,6,9-10H2,1-3H3,(H,25,26,28);1H. The van der Waals surface area contributed by atoms with Crippen molar-refractivity contribution in [3.63, 3.8) is 0 Å². The molecule has 0 aromatic carbocycles. The molecule has 1 atom stereocenters. The van der Waals surface area contributed by atoms with Crippen LogP contribution >= 0.6 is 12.4 Å². The van der Waals surface area contributed by atoms with Crippen LogP contribution in [0.2, 0.25) is 0 Å². The number of nitrogens with one attached hydrogen (secondary N) is 2. The van der Waals surface area contributed by atoms with Gasteiger partial charge in [0.1, 0.15) is 11.5 Å². The second kappa shape index (κ2) is 8.53. The molecule has 0 bridgehead atoms. The third kappa shape index (κ3) is 3.82. The first-order valence-electron chi connectivity index (χ1n) is 9.75. The summed E-state index contributed by atoms with van der Waals surface area (Å²) in [7, 11) is 1.89. The number of amides is 1. The lowest BCUT2D eigenvalue weighted by Crippen LogP contribution is -2.35.